The average molecular weight is 330 g/mol. The molecule has 0 bridgehead atoms. The minimum absolute atomic E-state index is 0.275. The van der Waals surface area contributed by atoms with Gasteiger partial charge in [-0.15, -0.1) is 0 Å². The predicted octanol–water partition coefficient (Wildman–Crippen LogP) is 1.60. The summed E-state index contributed by atoms with van der Waals surface area (Å²) in [4.78, 5) is 23.8. The number of aryl methyl sites for hydroxylation is 1. The van der Waals surface area contributed by atoms with Gasteiger partial charge < -0.3 is 20.1 Å². The summed E-state index contributed by atoms with van der Waals surface area (Å²) in [5.41, 5.74) is 2.64. The molecule has 1 aromatic heterocycles. The first kappa shape index (κ1) is 16.0. The molecule has 8 heteroatoms. The molecule has 1 atom stereocenters. The Hall–Kier alpha value is -2.87. The molecule has 0 aliphatic carbocycles. The fourth-order valence-electron chi connectivity index (χ4n) is 2.61. The van der Waals surface area contributed by atoms with Gasteiger partial charge in [0.25, 0.3) is 0 Å². The number of hydrogen-bond acceptors (Lipinski definition) is 5. The highest BCUT2D eigenvalue weighted by Gasteiger charge is 2.22. The first-order valence-electron chi connectivity index (χ1n) is 7.43. The predicted molar refractivity (Wildman–Crippen MR) is 85.5 cm³/mol. The number of carbonyl (C=O) groups is 2. The van der Waals surface area contributed by atoms with Crippen molar-refractivity contribution in [1.29, 1.82) is 0 Å². The molecular formula is C16H18N4O4. The maximum atomic E-state index is 12.3. The van der Waals surface area contributed by atoms with Crippen molar-refractivity contribution in [2.75, 3.05) is 19.0 Å². The Bertz CT molecular complexity index is 771. The summed E-state index contributed by atoms with van der Waals surface area (Å²) in [6.45, 7) is 0.584. The third-order valence-corrected chi connectivity index (χ3v) is 3.80. The molecule has 0 fully saturated rings. The highest BCUT2D eigenvalue weighted by atomic mass is 16.5. The lowest BCUT2D eigenvalue weighted by molar-refractivity contribution is 0.0535. The lowest BCUT2D eigenvalue weighted by Gasteiger charge is -2.18. The minimum Gasteiger partial charge on any atom is -0.457 e. The fraction of sp³-hybridized carbons (Fsp3) is 0.312. The third kappa shape index (κ3) is 3.23. The number of anilines is 1. The molecule has 1 aliphatic rings. The number of hydrogen-bond donors (Lipinski definition) is 2. The van der Waals surface area contributed by atoms with E-state index in [4.69, 9.17) is 9.47 Å². The van der Waals surface area contributed by atoms with Crippen LogP contribution >= 0.6 is 0 Å². The van der Waals surface area contributed by atoms with E-state index in [0.29, 0.717) is 17.9 Å². The van der Waals surface area contributed by atoms with Gasteiger partial charge in [-0.25, -0.2) is 9.59 Å². The van der Waals surface area contributed by atoms with Crippen molar-refractivity contribution in [3.8, 4) is 0 Å². The molecule has 126 valence electrons. The second-order valence-corrected chi connectivity index (χ2v) is 5.43. The van der Waals surface area contributed by atoms with Crippen LogP contribution < -0.4 is 10.6 Å². The highest BCUT2D eigenvalue weighted by Crippen LogP contribution is 2.23. The number of carbonyl (C=O) groups excluding carboxylic acids is 2. The molecule has 2 N–H and O–H groups in total. The van der Waals surface area contributed by atoms with Gasteiger partial charge >= 0.3 is 12.0 Å². The van der Waals surface area contributed by atoms with Crippen LogP contribution in [0.2, 0.25) is 0 Å². The van der Waals surface area contributed by atoms with Crippen LogP contribution in [-0.4, -0.2) is 35.5 Å². The molecule has 2 amide bonds. The van der Waals surface area contributed by atoms with Gasteiger partial charge in [0.2, 0.25) is 0 Å². The zero-order valence-electron chi connectivity index (χ0n) is 13.4. The number of benzene rings is 1. The number of aromatic nitrogens is 2. The van der Waals surface area contributed by atoms with Crippen LogP contribution in [0.15, 0.2) is 30.5 Å². The van der Waals surface area contributed by atoms with Crippen molar-refractivity contribution in [2.24, 2.45) is 7.05 Å². The standard InChI is InChI=1S/C16H18N4O4/c1-20-14(5-6-17-20)13(9-23-2)19-16(22)18-11-4-3-10-8-24-15(21)12(10)7-11/h3-7,13H,8-9H2,1-2H3,(H2,18,19,22)/t13-/m1/s1. The zero-order chi connectivity index (χ0) is 17.1. The zero-order valence-corrected chi connectivity index (χ0v) is 13.4. The molecule has 0 radical (unpaired) electrons. The average Bonchev–Trinajstić information content (AvgIpc) is 3.13. The largest absolute Gasteiger partial charge is 0.457 e. The number of nitrogens with zero attached hydrogens (tertiary/aromatic N) is 2. The number of ether oxygens (including phenoxy) is 2. The Labute approximate surface area is 138 Å². The SMILES string of the molecule is COC[C@@H](NC(=O)Nc1ccc2c(c1)C(=O)OC2)c1ccnn1C. The van der Waals surface area contributed by atoms with Crippen molar-refractivity contribution < 1.29 is 19.1 Å². The van der Waals surface area contributed by atoms with E-state index in [-0.39, 0.29) is 18.6 Å². The van der Waals surface area contributed by atoms with Crippen molar-refractivity contribution in [3.63, 3.8) is 0 Å². The van der Waals surface area contributed by atoms with Crippen LogP contribution in [0.25, 0.3) is 0 Å². The molecule has 1 aliphatic heterocycles. The normalized spacial score (nSPS) is 14.0. The van der Waals surface area contributed by atoms with Gasteiger partial charge in [0, 0.05) is 31.6 Å². The summed E-state index contributed by atoms with van der Waals surface area (Å²) in [6.07, 6.45) is 1.66. The van der Waals surface area contributed by atoms with E-state index in [0.717, 1.165) is 11.3 Å². The van der Waals surface area contributed by atoms with E-state index >= 15 is 0 Å². The number of amides is 2. The smallest absolute Gasteiger partial charge is 0.338 e. The minimum atomic E-state index is -0.399. The number of methoxy groups -OCH3 is 1. The molecule has 24 heavy (non-hydrogen) atoms. The molecule has 0 saturated heterocycles. The van der Waals surface area contributed by atoms with Crippen LogP contribution in [0.1, 0.15) is 27.7 Å². The number of esters is 1. The number of rotatable bonds is 5. The summed E-state index contributed by atoms with van der Waals surface area (Å²) in [5, 5.41) is 9.65. The van der Waals surface area contributed by atoms with Crippen molar-refractivity contribution in [3.05, 3.63) is 47.3 Å². The molecule has 0 spiro atoms. The van der Waals surface area contributed by atoms with Gasteiger partial charge in [0.05, 0.1) is 23.9 Å². The Morgan fingerprint density at radius 1 is 1.46 bits per heavy atom. The maximum absolute atomic E-state index is 12.3. The molecule has 2 aromatic rings. The van der Waals surface area contributed by atoms with Gasteiger partial charge in [-0.1, -0.05) is 6.07 Å². The van der Waals surface area contributed by atoms with E-state index in [1.54, 1.807) is 43.2 Å². The van der Waals surface area contributed by atoms with Gasteiger partial charge in [0.1, 0.15) is 6.61 Å². The first-order valence-corrected chi connectivity index (χ1v) is 7.43. The Balaban J connectivity index is 1.69. The third-order valence-electron chi connectivity index (χ3n) is 3.80. The van der Waals surface area contributed by atoms with Crippen LogP contribution in [0.3, 0.4) is 0 Å². The monoisotopic (exact) mass is 330 g/mol. The number of urea groups is 1. The summed E-state index contributed by atoms with van der Waals surface area (Å²) in [7, 11) is 3.36. The van der Waals surface area contributed by atoms with E-state index in [1.807, 2.05) is 6.07 Å². The van der Waals surface area contributed by atoms with Gasteiger partial charge in [-0.2, -0.15) is 5.10 Å². The van der Waals surface area contributed by atoms with E-state index in [9.17, 15) is 9.59 Å². The topological polar surface area (TPSA) is 94.5 Å². The molecule has 0 saturated carbocycles. The summed E-state index contributed by atoms with van der Waals surface area (Å²) < 4.78 is 11.8. The van der Waals surface area contributed by atoms with Gasteiger partial charge in [-0.05, 0) is 18.2 Å². The van der Waals surface area contributed by atoms with E-state index < -0.39 is 6.03 Å². The lowest BCUT2D eigenvalue weighted by atomic mass is 10.1. The van der Waals surface area contributed by atoms with E-state index in [2.05, 4.69) is 15.7 Å². The number of fused-ring (bicyclic) bond motifs is 1. The molecule has 0 unspecified atom stereocenters. The molecular weight excluding hydrogens is 312 g/mol. The maximum Gasteiger partial charge on any atom is 0.338 e. The van der Waals surface area contributed by atoms with Crippen LogP contribution in [0, 0.1) is 0 Å². The Morgan fingerprint density at radius 3 is 3.00 bits per heavy atom. The quantitative estimate of drug-likeness (QED) is 0.812. The van der Waals surface area contributed by atoms with Crippen molar-refractivity contribution in [2.45, 2.75) is 12.6 Å². The first-order chi connectivity index (χ1) is 11.6. The molecule has 2 heterocycles. The highest BCUT2D eigenvalue weighted by molar-refractivity contribution is 5.96. The summed E-state index contributed by atoms with van der Waals surface area (Å²) in [5.74, 6) is -0.374. The summed E-state index contributed by atoms with van der Waals surface area (Å²) in [6, 6.07) is 6.18. The Morgan fingerprint density at radius 2 is 2.29 bits per heavy atom. The van der Waals surface area contributed by atoms with Gasteiger partial charge in [-0.3, -0.25) is 4.68 Å². The lowest BCUT2D eigenvalue weighted by Crippen LogP contribution is -2.35. The number of cyclic esters (lactones) is 1. The summed E-state index contributed by atoms with van der Waals surface area (Å²) >= 11 is 0. The molecule has 1 aromatic carbocycles. The van der Waals surface area contributed by atoms with E-state index in [1.165, 1.54) is 0 Å². The number of nitrogens with one attached hydrogen (secondary N) is 2. The second-order valence-electron chi connectivity index (χ2n) is 5.43. The second kappa shape index (κ2) is 6.71. The van der Waals surface area contributed by atoms with Crippen LogP contribution in [-0.2, 0) is 23.1 Å². The van der Waals surface area contributed by atoms with Crippen molar-refractivity contribution >= 4 is 17.7 Å². The molecule has 8 nitrogen and oxygen atoms in total. The van der Waals surface area contributed by atoms with Crippen molar-refractivity contribution in [1.82, 2.24) is 15.1 Å². The van der Waals surface area contributed by atoms with Crippen LogP contribution in [0.4, 0.5) is 10.5 Å². The van der Waals surface area contributed by atoms with Crippen LogP contribution in [0.5, 0.6) is 0 Å². The Kier molecular flexibility index (Phi) is 4.48. The fourth-order valence-corrected chi connectivity index (χ4v) is 2.61. The molecule has 3 rings (SSSR count). The van der Waals surface area contributed by atoms with Gasteiger partial charge in [0.15, 0.2) is 0 Å².